The molecule has 0 atom stereocenters. The van der Waals surface area contributed by atoms with Crippen LogP contribution in [0.2, 0.25) is 0 Å². The Bertz CT molecular complexity index is 821. The van der Waals surface area contributed by atoms with Crippen LogP contribution < -0.4 is 0 Å². The first-order chi connectivity index (χ1) is 9.58. The quantitative estimate of drug-likeness (QED) is 0.749. The van der Waals surface area contributed by atoms with Crippen molar-refractivity contribution in [2.24, 2.45) is 0 Å². The molecule has 2 N–H and O–H groups in total. The number of aromatic carboxylic acids is 1. The molecule has 100 valence electrons. The molecule has 0 radical (unpaired) electrons. The van der Waals surface area contributed by atoms with E-state index in [4.69, 9.17) is 5.11 Å². The van der Waals surface area contributed by atoms with E-state index >= 15 is 0 Å². The van der Waals surface area contributed by atoms with Crippen molar-refractivity contribution in [3.8, 4) is 11.4 Å². The molecule has 0 aliphatic carbocycles. The molecule has 3 aromatic rings. The molecule has 20 heavy (non-hydrogen) atoms. The molecule has 5 heteroatoms. The summed E-state index contributed by atoms with van der Waals surface area (Å²) in [7, 11) is 0. The monoisotopic (exact) mass is 268 g/mol. The Morgan fingerprint density at radius 1 is 1.15 bits per heavy atom. The van der Waals surface area contributed by atoms with Crippen LogP contribution in [0, 0.1) is 6.92 Å². The summed E-state index contributed by atoms with van der Waals surface area (Å²) in [5, 5.41) is 24.5. The van der Waals surface area contributed by atoms with Crippen LogP contribution in [0.4, 0.5) is 0 Å². The highest BCUT2D eigenvalue weighted by Gasteiger charge is 2.13. The van der Waals surface area contributed by atoms with E-state index in [1.54, 1.807) is 29.8 Å². The number of phenols is 1. The Morgan fingerprint density at radius 3 is 2.55 bits per heavy atom. The lowest BCUT2D eigenvalue weighted by atomic mass is 10.1. The lowest BCUT2D eigenvalue weighted by Gasteiger charge is -2.09. The number of rotatable bonds is 2. The third-order valence-electron chi connectivity index (χ3n) is 3.21. The molecule has 0 bridgehead atoms. The zero-order valence-electron chi connectivity index (χ0n) is 10.7. The second-order valence-corrected chi connectivity index (χ2v) is 4.54. The molecule has 0 fully saturated rings. The Morgan fingerprint density at radius 2 is 1.85 bits per heavy atom. The molecule has 0 saturated heterocycles. The second-order valence-electron chi connectivity index (χ2n) is 4.54. The summed E-state index contributed by atoms with van der Waals surface area (Å²) in [4.78, 5) is 11.0. The van der Waals surface area contributed by atoms with Gasteiger partial charge in [0.2, 0.25) is 0 Å². The first-order valence-corrected chi connectivity index (χ1v) is 6.09. The minimum absolute atomic E-state index is 0.000318. The minimum atomic E-state index is -1.06. The van der Waals surface area contributed by atoms with Gasteiger partial charge < -0.3 is 10.2 Å². The van der Waals surface area contributed by atoms with Crippen LogP contribution in [0.3, 0.4) is 0 Å². The number of aryl methyl sites for hydroxylation is 1. The van der Waals surface area contributed by atoms with Gasteiger partial charge in [0.15, 0.2) is 5.69 Å². The fourth-order valence-electron chi connectivity index (χ4n) is 2.28. The number of carboxylic acids is 1. The number of phenolic OH excluding ortho intramolecular Hbond substituents is 1. The minimum Gasteiger partial charge on any atom is -0.507 e. The van der Waals surface area contributed by atoms with E-state index in [0.717, 1.165) is 16.8 Å². The van der Waals surface area contributed by atoms with E-state index in [-0.39, 0.29) is 11.4 Å². The van der Waals surface area contributed by atoms with Gasteiger partial charge in [-0.1, -0.05) is 24.3 Å². The summed E-state index contributed by atoms with van der Waals surface area (Å²) >= 11 is 0. The number of carboxylic acid groups (broad SMARTS) is 1. The number of aromatic nitrogens is 2. The zero-order chi connectivity index (χ0) is 14.3. The Labute approximate surface area is 114 Å². The summed E-state index contributed by atoms with van der Waals surface area (Å²) in [5.41, 5.74) is 1.46. The number of benzene rings is 2. The van der Waals surface area contributed by atoms with Crippen molar-refractivity contribution in [1.82, 2.24) is 9.78 Å². The maximum absolute atomic E-state index is 11.0. The van der Waals surface area contributed by atoms with E-state index < -0.39 is 5.97 Å². The van der Waals surface area contributed by atoms with Crippen LogP contribution >= 0.6 is 0 Å². The average molecular weight is 268 g/mol. The maximum Gasteiger partial charge on any atom is 0.356 e. The van der Waals surface area contributed by atoms with Crippen LogP contribution in [0.5, 0.6) is 5.75 Å². The van der Waals surface area contributed by atoms with Gasteiger partial charge in [-0.15, -0.1) is 0 Å². The molecule has 0 aliphatic heterocycles. The maximum atomic E-state index is 11.0. The zero-order valence-corrected chi connectivity index (χ0v) is 10.7. The van der Waals surface area contributed by atoms with E-state index in [1.807, 2.05) is 18.2 Å². The number of carbonyl (C=O) groups is 1. The third-order valence-corrected chi connectivity index (χ3v) is 3.21. The van der Waals surface area contributed by atoms with E-state index in [9.17, 15) is 9.90 Å². The number of aromatic hydroxyl groups is 1. The Hall–Kier alpha value is -2.82. The highest BCUT2D eigenvalue weighted by Crippen LogP contribution is 2.29. The number of hydrogen-bond donors (Lipinski definition) is 2. The van der Waals surface area contributed by atoms with Gasteiger partial charge in [0.1, 0.15) is 5.75 Å². The van der Waals surface area contributed by atoms with Gasteiger partial charge >= 0.3 is 5.97 Å². The molecule has 1 heterocycles. The summed E-state index contributed by atoms with van der Waals surface area (Å²) in [6.45, 7) is 1.79. The van der Waals surface area contributed by atoms with Crippen molar-refractivity contribution >= 4 is 16.7 Å². The Balaban J connectivity index is 2.30. The van der Waals surface area contributed by atoms with Crippen LogP contribution in [0.1, 0.15) is 16.2 Å². The molecule has 1 aromatic heterocycles. The van der Waals surface area contributed by atoms with Crippen molar-refractivity contribution in [2.45, 2.75) is 6.92 Å². The predicted molar refractivity (Wildman–Crippen MR) is 74.4 cm³/mol. The lowest BCUT2D eigenvalue weighted by Crippen LogP contribution is -2.02. The smallest absolute Gasteiger partial charge is 0.356 e. The second kappa shape index (κ2) is 4.38. The highest BCUT2D eigenvalue weighted by atomic mass is 16.4. The summed E-state index contributed by atoms with van der Waals surface area (Å²) < 4.78 is 1.57. The van der Waals surface area contributed by atoms with Crippen molar-refractivity contribution < 1.29 is 15.0 Å². The van der Waals surface area contributed by atoms with Crippen LogP contribution in [0.25, 0.3) is 16.5 Å². The number of fused-ring (bicyclic) bond motifs is 1. The first kappa shape index (κ1) is 12.2. The highest BCUT2D eigenvalue weighted by molar-refractivity contribution is 5.94. The Kier molecular flexibility index (Phi) is 2.68. The van der Waals surface area contributed by atoms with Gasteiger partial charge in [0, 0.05) is 16.5 Å². The normalized spacial score (nSPS) is 10.8. The topological polar surface area (TPSA) is 75.3 Å². The van der Waals surface area contributed by atoms with Gasteiger partial charge in [0.25, 0.3) is 0 Å². The van der Waals surface area contributed by atoms with E-state index in [2.05, 4.69) is 5.10 Å². The molecular weight excluding hydrogens is 256 g/mol. The van der Waals surface area contributed by atoms with Crippen LogP contribution in [0.15, 0.2) is 42.5 Å². The third kappa shape index (κ3) is 1.80. The fraction of sp³-hybridized carbons (Fsp3) is 0.0667. The SMILES string of the molecule is Cc1cc(C(=O)O)nn1-c1cccc2c(O)cccc12. The molecule has 5 nitrogen and oxygen atoms in total. The lowest BCUT2D eigenvalue weighted by molar-refractivity contribution is 0.0690. The van der Waals surface area contributed by atoms with Gasteiger partial charge in [-0.05, 0) is 25.1 Å². The average Bonchev–Trinajstić information content (AvgIpc) is 2.81. The van der Waals surface area contributed by atoms with Gasteiger partial charge in [-0.3, -0.25) is 0 Å². The summed E-state index contributed by atoms with van der Waals surface area (Å²) in [5.74, 6) is -0.873. The van der Waals surface area contributed by atoms with Gasteiger partial charge in [-0.25, -0.2) is 9.48 Å². The predicted octanol–water partition coefficient (Wildman–Crippen LogP) is 2.74. The summed E-state index contributed by atoms with van der Waals surface area (Å²) in [6, 6.07) is 12.2. The van der Waals surface area contributed by atoms with Crippen LogP contribution in [-0.2, 0) is 0 Å². The van der Waals surface area contributed by atoms with E-state index in [0.29, 0.717) is 5.39 Å². The van der Waals surface area contributed by atoms with Crippen molar-refractivity contribution in [1.29, 1.82) is 0 Å². The van der Waals surface area contributed by atoms with Gasteiger partial charge in [-0.2, -0.15) is 5.10 Å². The van der Waals surface area contributed by atoms with Crippen molar-refractivity contribution in [3.63, 3.8) is 0 Å². The van der Waals surface area contributed by atoms with Gasteiger partial charge in [0.05, 0.1) is 5.69 Å². The number of hydrogen-bond acceptors (Lipinski definition) is 3. The molecule has 0 unspecified atom stereocenters. The largest absolute Gasteiger partial charge is 0.507 e. The molecule has 0 amide bonds. The fourth-order valence-corrected chi connectivity index (χ4v) is 2.28. The van der Waals surface area contributed by atoms with Crippen LogP contribution in [-0.4, -0.2) is 26.0 Å². The van der Waals surface area contributed by atoms with E-state index in [1.165, 1.54) is 6.07 Å². The number of nitrogens with zero attached hydrogens (tertiary/aromatic N) is 2. The standard InChI is InChI=1S/C15H12N2O3/c1-9-8-12(15(19)20)16-17(9)13-6-2-5-11-10(13)4-3-7-14(11)18/h2-8,18H,1H3,(H,19,20). The van der Waals surface area contributed by atoms with Crippen molar-refractivity contribution in [3.05, 3.63) is 53.9 Å². The molecule has 2 aromatic carbocycles. The molecular formula is C15H12N2O3. The molecule has 3 rings (SSSR count). The molecule has 0 aliphatic rings. The van der Waals surface area contributed by atoms with Crippen molar-refractivity contribution in [2.75, 3.05) is 0 Å². The molecule has 0 saturated carbocycles. The first-order valence-electron chi connectivity index (χ1n) is 6.09. The summed E-state index contributed by atoms with van der Waals surface area (Å²) in [6.07, 6.45) is 0. The molecule has 0 spiro atoms.